The van der Waals surface area contributed by atoms with Crippen molar-refractivity contribution in [2.24, 2.45) is 0 Å². The van der Waals surface area contributed by atoms with Crippen LogP contribution in [0, 0.1) is 0 Å². The Labute approximate surface area is 170 Å². The van der Waals surface area contributed by atoms with Crippen LogP contribution in [-0.2, 0) is 13.0 Å². The summed E-state index contributed by atoms with van der Waals surface area (Å²) in [5, 5.41) is 4.40. The first kappa shape index (κ1) is 19.3. The van der Waals surface area contributed by atoms with Crippen LogP contribution in [0.4, 0.5) is 0 Å². The first-order valence-electron chi connectivity index (χ1n) is 10.1. The van der Waals surface area contributed by atoms with Crippen molar-refractivity contribution in [1.29, 1.82) is 0 Å². The molecule has 0 spiro atoms. The Balaban J connectivity index is 1.13. The van der Waals surface area contributed by atoms with Gasteiger partial charge in [-0.3, -0.25) is 4.79 Å². The molecule has 0 bridgehead atoms. The lowest BCUT2D eigenvalue weighted by molar-refractivity contribution is 0.0771. The van der Waals surface area contributed by atoms with Gasteiger partial charge in [-0.15, -0.1) is 0 Å². The highest BCUT2D eigenvalue weighted by molar-refractivity contribution is 7.07. The van der Waals surface area contributed by atoms with E-state index in [0.29, 0.717) is 12.3 Å². The molecule has 1 aromatic carbocycles. The molecule has 0 aliphatic carbocycles. The third kappa shape index (κ3) is 4.50. The van der Waals surface area contributed by atoms with Gasteiger partial charge < -0.3 is 19.3 Å². The molecule has 28 heavy (non-hydrogen) atoms. The molecule has 0 fully saturated rings. The predicted molar refractivity (Wildman–Crippen MR) is 111 cm³/mol. The SMILES string of the molecule is CN(CCCCCc1ccsc1)CCCN1Cc2cc3c(cc2C1=O)OCO3. The van der Waals surface area contributed by atoms with Crippen LogP contribution in [0.25, 0.3) is 0 Å². The predicted octanol–water partition coefficient (Wildman–Crippen LogP) is 4.17. The molecule has 2 aromatic rings. The smallest absolute Gasteiger partial charge is 0.254 e. The molecule has 6 heteroatoms. The van der Waals surface area contributed by atoms with Crippen molar-refractivity contribution in [1.82, 2.24) is 9.80 Å². The van der Waals surface area contributed by atoms with Gasteiger partial charge in [0.2, 0.25) is 6.79 Å². The minimum absolute atomic E-state index is 0.115. The molecule has 3 heterocycles. The zero-order chi connectivity index (χ0) is 19.3. The van der Waals surface area contributed by atoms with E-state index in [-0.39, 0.29) is 12.7 Å². The standard InChI is InChI=1S/C22H28N2O3S/c1-23(8-4-2-3-6-17-7-11-28-15-17)9-5-10-24-14-18-12-20-21(27-16-26-20)13-19(18)22(24)25/h7,11-13,15H,2-6,8-10,14,16H2,1H3. The van der Waals surface area contributed by atoms with E-state index in [1.807, 2.05) is 17.0 Å². The van der Waals surface area contributed by atoms with Gasteiger partial charge in [-0.05, 0) is 85.9 Å². The minimum Gasteiger partial charge on any atom is -0.454 e. The summed E-state index contributed by atoms with van der Waals surface area (Å²) in [7, 11) is 2.18. The quantitative estimate of drug-likeness (QED) is 0.562. The van der Waals surface area contributed by atoms with Gasteiger partial charge in [0, 0.05) is 18.7 Å². The molecule has 1 amide bonds. The highest BCUT2D eigenvalue weighted by Gasteiger charge is 2.30. The number of rotatable bonds is 10. The van der Waals surface area contributed by atoms with Gasteiger partial charge in [-0.1, -0.05) is 6.42 Å². The Morgan fingerprint density at radius 2 is 1.93 bits per heavy atom. The van der Waals surface area contributed by atoms with Crippen molar-refractivity contribution in [3.8, 4) is 11.5 Å². The van der Waals surface area contributed by atoms with Crippen molar-refractivity contribution in [2.75, 3.05) is 33.5 Å². The van der Waals surface area contributed by atoms with Gasteiger partial charge in [0.25, 0.3) is 5.91 Å². The van der Waals surface area contributed by atoms with Crippen LogP contribution < -0.4 is 9.47 Å². The monoisotopic (exact) mass is 400 g/mol. The number of amides is 1. The van der Waals surface area contributed by atoms with Gasteiger partial charge in [-0.25, -0.2) is 0 Å². The maximum Gasteiger partial charge on any atom is 0.254 e. The van der Waals surface area contributed by atoms with E-state index in [2.05, 4.69) is 28.8 Å². The van der Waals surface area contributed by atoms with E-state index in [9.17, 15) is 4.79 Å². The number of unbranched alkanes of at least 4 members (excludes halogenated alkanes) is 2. The van der Waals surface area contributed by atoms with E-state index >= 15 is 0 Å². The van der Waals surface area contributed by atoms with Crippen LogP contribution in [0.15, 0.2) is 29.0 Å². The number of nitrogens with zero attached hydrogens (tertiary/aromatic N) is 2. The van der Waals surface area contributed by atoms with E-state index in [1.54, 1.807) is 11.3 Å². The number of carbonyl (C=O) groups is 1. The molecule has 0 saturated heterocycles. The summed E-state index contributed by atoms with van der Waals surface area (Å²) < 4.78 is 10.8. The molecule has 1 aromatic heterocycles. The first-order chi connectivity index (χ1) is 13.7. The summed E-state index contributed by atoms with van der Waals surface area (Å²) in [5.41, 5.74) is 3.29. The molecule has 4 rings (SSSR count). The number of hydrogen-bond acceptors (Lipinski definition) is 5. The van der Waals surface area contributed by atoms with Crippen LogP contribution in [0.5, 0.6) is 11.5 Å². The van der Waals surface area contributed by atoms with Gasteiger partial charge in [0.1, 0.15) is 0 Å². The van der Waals surface area contributed by atoms with Crippen LogP contribution in [0.2, 0.25) is 0 Å². The lowest BCUT2D eigenvalue weighted by Crippen LogP contribution is -2.29. The normalized spacial score (nSPS) is 14.9. The summed E-state index contributed by atoms with van der Waals surface area (Å²) in [4.78, 5) is 17.0. The van der Waals surface area contributed by atoms with E-state index in [0.717, 1.165) is 42.9 Å². The lowest BCUT2D eigenvalue weighted by atomic mass is 10.1. The average Bonchev–Trinajstić information content (AvgIpc) is 3.42. The summed E-state index contributed by atoms with van der Waals surface area (Å²) in [5.74, 6) is 1.56. The fraction of sp³-hybridized carbons (Fsp3) is 0.500. The molecule has 150 valence electrons. The number of aryl methyl sites for hydroxylation is 1. The molecule has 5 nitrogen and oxygen atoms in total. The van der Waals surface area contributed by atoms with E-state index in [4.69, 9.17) is 9.47 Å². The summed E-state index contributed by atoms with van der Waals surface area (Å²) in [6, 6.07) is 6.02. The van der Waals surface area contributed by atoms with Crippen molar-refractivity contribution >= 4 is 17.2 Å². The van der Waals surface area contributed by atoms with Crippen molar-refractivity contribution < 1.29 is 14.3 Å². The number of carbonyl (C=O) groups excluding carboxylic acids is 1. The van der Waals surface area contributed by atoms with Crippen LogP contribution in [0.3, 0.4) is 0 Å². The Bertz CT molecular complexity index is 806. The van der Waals surface area contributed by atoms with Crippen molar-refractivity contribution in [3.63, 3.8) is 0 Å². The highest BCUT2D eigenvalue weighted by atomic mass is 32.1. The molecule has 2 aliphatic rings. The Kier molecular flexibility index (Phi) is 6.17. The molecule has 2 aliphatic heterocycles. The maximum atomic E-state index is 12.6. The van der Waals surface area contributed by atoms with E-state index in [1.165, 1.54) is 31.2 Å². The van der Waals surface area contributed by atoms with Crippen molar-refractivity contribution in [3.05, 3.63) is 45.6 Å². The van der Waals surface area contributed by atoms with Crippen LogP contribution in [0.1, 0.15) is 47.2 Å². The summed E-state index contributed by atoms with van der Waals surface area (Å²) >= 11 is 1.78. The fourth-order valence-electron chi connectivity index (χ4n) is 3.91. The van der Waals surface area contributed by atoms with Crippen LogP contribution >= 0.6 is 11.3 Å². The Morgan fingerprint density at radius 1 is 1.11 bits per heavy atom. The molecule has 0 atom stereocenters. The van der Waals surface area contributed by atoms with Crippen LogP contribution in [-0.4, -0.2) is 49.2 Å². The van der Waals surface area contributed by atoms with Gasteiger partial charge in [-0.2, -0.15) is 11.3 Å². The van der Waals surface area contributed by atoms with Gasteiger partial charge in [0.15, 0.2) is 11.5 Å². The van der Waals surface area contributed by atoms with Gasteiger partial charge in [0.05, 0.1) is 0 Å². The largest absolute Gasteiger partial charge is 0.454 e. The number of fused-ring (bicyclic) bond motifs is 2. The topological polar surface area (TPSA) is 42.0 Å². The Morgan fingerprint density at radius 3 is 2.75 bits per heavy atom. The number of ether oxygens (including phenoxy) is 2. The fourth-order valence-corrected chi connectivity index (χ4v) is 4.61. The summed E-state index contributed by atoms with van der Waals surface area (Å²) in [6.45, 7) is 3.86. The van der Waals surface area contributed by atoms with E-state index < -0.39 is 0 Å². The average molecular weight is 401 g/mol. The molecule has 0 unspecified atom stereocenters. The molecule has 0 N–H and O–H groups in total. The maximum absolute atomic E-state index is 12.6. The molecular weight excluding hydrogens is 372 g/mol. The zero-order valence-electron chi connectivity index (χ0n) is 16.5. The highest BCUT2D eigenvalue weighted by Crippen LogP contribution is 2.38. The number of hydrogen-bond donors (Lipinski definition) is 0. The second-order valence-corrected chi connectivity index (χ2v) is 8.47. The third-order valence-corrected chi connectivity index (χ3v) is 6.26. The molecule has 0 radical (unpaired) electrons. The lowest BCUT2D eigenvalue weighted by Gasteiger charge is -2.20. The number of thiophene rings is 1. The second-order valence-electron chi connectivity index (χ2n) is 7.69. The van der Waals surface area contributed by atoms with Crippen molar-refractivity contribution in [2.45, 2.75) is 38.6 Å². The first-order valence-corrected chi connectivity index (χ1v) is 11.1. The minimum atomic E-state index is 0.115. The van der Waals surface area contributed by atoms with Gasteiger partial charge >= 0.3 is 0 Å². The summed E-state index contributed by atoms with van der Waals surface area (Å²) in [6.07, 6.45) is 5.97. The molecule has 0 saturated carbocycles. The zero-order valence-corrected chi connectivity index (χ0v) is 17.3. The molecular formula is C22H28N2O3S. The second kappa shape index (κ2) is 8.97. The number of benzene rings is 1. The Hall–Kier alpha value is -2.05. The third-order valence-electron chi connectivity index (χ3n) is 5.53.